The highest BCUT2D eigenvalue weighted by Gasteiger charge is 2.36. The lowest BCUT2D eigenvalue weighted by Crippen LogP contribution is -2.33. The fourth-order valence-corrected chi connectivity index (χ4v) is 4.87. The first-order valence-corrected chi connectivity index (χ1v) is 10.5. The number of aliphatic imine (C=N–C) groups is 1. The van der Waals surface area contributed by atoms with Gasteiger partial charge in [-0.3, -0.25) is 9.79 Å². The van der Waals surface area contributed by atoms with Crippen LogP contribution in [0.3, 0.4) is 0 Å². The number of anilines is 1. The van der Waals surface area contributed by atoms with Crippen LogP contribution < -0.4 is 4.90 Å². The van der Waals surface area contributed by atoms with E-state index in [1.807, 2.05) is 0 Å². The molecular formula is C19H21Cl3N4OS. The molecule has 0 saturated heterocycles. The van der Waals surface area contributed by atoms with Crippen molar-refractivity contribution in [3.8, 4) is 6.07 Å². The molecule has 2 heterocycles. The highest BCUT2D eigenvalue weighted by molar-refractivity contribution is 8.18. The quantitative estimate of drug-likeness (QED) is 0.565. The van der Waals surface area contributed by atoms with E-state index in [9.17, 15) is 4.79 Å². The van der Waals surface area contributed by atoms with Gasteiger partial charge in [0.15, 0.2) is 5.17 Å². The van der Waals surface area contributed by atoms with Crippen LogP contribution in [0.4, 0.5) is 5.69 Å². The third-order valence-corrected chi connectivity index (χ3v) is 5.91. The second-order valence-electron chi connectivity index (χ2n) is 6.29. The Bertz CT molecular complexity index is 830. The largest absolute Gasteiger partial charge is 0.323 e. The number of thioether (sulfide) groups is 1. The summed E-state index contributed by atoms with van der Waals surface area (Å²) in [7, 11) is 0. The Balaban J connectivity index is 0.00000280. The number of carbonyl (C=O) groups is 1. The molecule has 0 unspecified atom stereocenters. The molecular weight excluding hydrogens is 439 g/mol. The molecule has 2 aliphatic rings. The minimum atomic E-state index is -0.130. The first-order valence-electron chi connectivity index (χ1n) is 8.93. The Morgan fingerprint density at radius 1 is 1.36 bits per heavy atom. The molecule has 0 saturated carbocycles. The van der Waals surface area contributed by atoms with Crippen molar-refractivity contribution in [1.29, 1.82) is 5.26 Å². The molecule has 1 aromatic rings. The molecule has 0 atom stereocenters. The molecule has 0 spiro atoms. The van der Waals surface area contributed by atoms with Crippen molar-refractivity contribution in [2.24, 2.45) is 4.99 Å². The first kappa shape index (κ1) is 22.9. The highest BCUT2D eigenvalue weighted by atomic mass is 35.5. The Kier molecular flexibility index (Phi) is 8.51. The normalized spacial score (nSPS) is 15.5. The van der Waals surface area contributed by atoms with E-state index in [2.05, 4.69) is 22.9 Å². The molecule has 0 radical (unpaired) electrons. The van der Waals surface area contributed by atoms with Gasteiger partial charge in [-0.1, -0.05) is 36.5 Å². The molecule has 0 fully saturated rings. The number of halogens is 3. The number of hydrogen-bond donors (Lipinski definition) is 0. The van der Waals surface area contributed by atoms with Gasteiger partial charge in [0, 0.05) is 41.1 Å². The van der Waals surface area contributed by atoms with E-state index >= 15 is 0 Å². The average Bonchev–Trinajstić information content (AvgIpc) is 3.00. The van der Waals surface area contributed by atoms with Crippen LogP contribution in [-0.4, -0.2) is 35.6 Å². The van der Waals surface area contributed by atoms with Gasteiger partial charge in [0.1, 0.15) is 4.91 Å². The fourth-order valence-electron chi connectivity index (χ4n) is 3.17. The zero-order valence-corrected chi connectivity index (χ0v) is 18.6. The van der Waals surface area contributed by atoms with E-state index in [1.165, 1.54) is 11.8 Å². The van der Waals surface area contributed by atoms with Crippen molar-refractivity contribution in [1.82, 2.24) is 4.90 Å². The Hall–Kier alpha value is -1.39. The summed E-state index contributed by atoms with van der Waals surface area (Å²) in [4.78, 5) is 22.5. The van der Waals surface area contributed by atoms with Gasteiger partial charge in [-0.2, -0.15) is 5.26 Å². The molecule has 5 nitrogen and oxygen atoms in total. The third-order valence-electron chi connectivity index (χ3n) is 4.33. The highest BCUT2D eigenvalue weighted by Crippen LogP contribution is 2.40. The predicted molar refractivity (Wildman–Crippen MR) is 119 cm³/mol. The summed E-state index contributed by atoms with van der Waals surface area (Å²) in [5.41, 5.74) is 1.63. The molecule has 1 aromatic carbocycles. The van der Waals surface area contributed by atoms with Crippen molar-refractivity contribution >= 4 is 64.1 Å². The molecule has 3 rings (SSSR count). The van der Waals surface area contributed by atoms with E-state index in [0.717, 1.165) is 43.2 Å². The molecule has 2 aliphatic heterocycles. The van der Waals surface area contributed by atoms with Gasteiger partial charge in [0.25, 0.3) is 5.91 Å². The van der Waals surface area contributed by atoms with Gasteiger partial charge in [-0.25, -0.2) is 0 Å². The lowest BCUT2D eigenvalue weighted by Gasteiger charge is -2.25. The van der Waals surface area contributed by atoms with Crippen LogP contribution in [0.25, 0.3) is 0 Å². The van der Waals surface area contributed by atoms with Crippen LogP contribution in [0.5, 0.6) is 0 Å². The minimum absolute atomic E-state index is 0. The van der Waals surface area contributed by atoms with E-state index in [0.29, 0.717) is 20.6 Å². The topological polar surface area (TPSA) is 59.7 Å². The maximum absolute atomic E-state index is 13.5. The second-order valence-corrected chi connectivity index (χ2v) is 8.14. The number of amidine groups is 1. The average molecular weight is 460 g/mol. The van der Waals surface area contributed by atoms with Gasteiger partial charge >= 0.3 is 0 Å². The van der Waals surface area contributed by atoms with Crippen LogP contribution in [0.1, 0.15) is 32.6 Å². The number of benzene rings is 1. The molecule has 28 heavy (non-hydrogen) atoms. The van der Waals surface area contributed by atoms with E-state index in [4.69, 9.17) is 28.5 Å². The summed E-state index contributed by atoms with van der Waals surface area (Å²) < 4.78 is 0. The third kappa shape index (κ3) is 4.96. The number of allylic oxidation sites excluding steroid dienone is 1. The van der Waals surface area contributed by atoms with Gasteiger partial charge in [-0.05, 0) is 42.8 Å². The lowest BCUT2D eigenvalue weighted by atomic mass is 10.2. The number of nitrogens with zero attached hydrogens (tertiary/aromatic N) is 4. The van der Waals surface area contributed by atoms with Gasteiger partial charge < -0.3 is 9.80 Å². The van der Waals surface area contributed by atoms with E-state index in [-0.39, 0.29) is 31.3 Å². The van der Waals surface area contributed by atoms with E-state index in [1.54, 1.807) is 23.1 Å². The molecule has 0 aromatic heterocycles. The Morgan fingerprint density at radius 2 is 2.07 bits per heavy atom. The predicted octanol–water partition coefficient (Wildman–Crippen LogP) is 5.48. The number of carbonyl (C=O) groups excluding carboxylic acids is 1. The van der Waals surface area contributed by atoms with Crippen LogP contribution in [0.15, 0.2) is 33.8 Å². The van der Waals surface area contributed by atoms with E-state index < -0.39 is 0 Å². The summed E-state index contributed by atoms with van der Waals surface area (Å²) in [5, 5.41) is 10.8. The van der Waals surface area contributed by atoms with Crippen molar-refractivity contribution in [3.63, 3.8) is 0 Å². The standard InChI is InChI=1S/C19H20Cl2N4OS.ClH/c1-2-5-16-17(27-19-23-7-4-9-25(16)19)18(26)24(8-3-6-22)15-11-13(20)10-14(21)12-15;/h10-12H,2-5,7-9H2,1H3;1H. The smallest absolute Gasteiger partial charge is 0.266 e. The van der Waals surface area contributed by atoms with Crippen molar-refractivity contribution < 1.29 is 4.79 Å². The molecule has 1 amide bonds. The Labute approximate surface area is 185 Å². The lowest BCUT2D eigenvalue weighted by molar-refractivity contribution is -0.114. The molecule has 150 valence electrons. The number of fused-ring (bicyclic) bond motifs is 1. The summed E-state index contributed by atoms with van der Waals surface area (Å²) >= 11 is 13.7. The Morgan fingerprint density at radius 3 is 2.71 bits per heavy atom. The number of amides is 1. The van der Waals surface area contributed by atoms with Gasteiger partial charge in [0.05, 0.1) is 12.5 Å². The van der Waals surface area contributed by atoms with Crippen LogP contribution in [-0.2, 0) is 4.79 Å². The first-order chi connectivity index (χ1) is 13.0. The molecule has 0 bridgehead atoms. The summed E-state index contributed by atoms with van der Waals surface area (Å²) in [6.45, 7) is 4.06. The van der Waals surface area contributed by atoms with Crippen LogP contribution >= 0.6 is 47.4 Å². The zero-order valence-electron chi connectivity index (χ0n) is 15.5. The minimum Gasteiger partial charge on any atom is -0.323 e. The van der Waals surface area contributed by atoms with Crippen LogP contribution in [0.2, 0.25) is 10.0 Å². The van der Waals surface area contributed by atoms with Crippen molar-refractivity contribution in [2.45, 2.75) is 32.6 Å². The van der Waals surface area contributed by atoms with Crippen molar-refractivity contribution in [2.75, 3.05) is 24.5 Å². The summed E-state index contributed by atoms with van der Waals surface area (Å²) in [5.74, 6) is -0.130. The van der Waals surface area contributed by atoms with Gasteiger partial charge in [-0.15, -0.1) is 12.4 Å². The second kappa shape index (κ2) is 10.4. The number of hydrogen-bond acceptors (Lipinski definition) is 5. The van der Waals surface area contributed by atoms with Crippen molar-refractivity contribution in [3.05, 3.63) is 38.8 Å². The monoisotopic (exact) mass is 458 g/mol. The maximum Gasteiger partial charge on any atom is 0.266 e. The van der Waals surface area contributed by atoms with Gasteiger partial charge in [0.2, 0.25) is 0 Å². The zero-order chi connectivity index (χ0) is 19.4. The summed E-state index contributed by atoms with van der Waals surface area (Å²) in [6.07, 6.45) is 2.97. The fraction of sp³-hybridized carbons (Fsp3) is 0.421. The number of nitriles is 1. The molecule has 0 N–H and O–H groups in total. The molecule has 9 heteroatoms. The number of rotatable bonds is 6. The molecule has 0 aliphatic carbocycles. The van der Waals surface area contributed by atoms with Crippen LogP contribution in [0, 0.1) is 11.3 Å². The summed E-state index contributed by atoms with van der Waals surface area (Å²) in [6, 6.07) is 7.14. The maximum atomic E-state index is 13.5. The SMILES string of the molecule is CCCC1=C(C(=O)N(CCC#N)c2cc(Cl)cc(Cl)c2)SC2=NCCCN21.Cl.